The molecule has 0 aromatic heterocycles. The highest BCUT2D eigenvalue weighted by molar-refractivity contribution is 6.06. The Balaban J connectivity index is 2.04. The second-order valence-electron chi connectivity index (χ2n) is 6.67. The molecule has 1 saturated carbocycles. The van der Waals surface area contributed by atoms with Gasteiger partial charge in [-0.2, -0.15) is 0 Å². The molecule has 4 rings (SSSR count). The lowest BCUT2D eigenvalue weighted by molar-refractivity contribution is -0.143. The summed E-state index contributed by atoms with van der Waals surface area (Å²) in [5.41, 5.74) is -0.156. The lowest BCUT2D eigenvalue weighted by atomic mass is 9.58. The number of ketones is 1. The summed E-state index contributed by atoms with van der Waals surface area (Å²) in [6.07, 6.45) is 3.76. The Morgan fingerprint density at radius 2 is 2.00 bits per heavy atom. The number of carbonyl (C=O) groups excluding carboxylic acids is 2. The van der Waals surface area contributed by atoms with Crippen LogP contribution in [0.4, 0.5) is 5.69 Å². The van der Waals surface area contributed by atoms with E-state index in [2.05, 4.69) is 6.58 Å². The van der Waals surface area contributed by atoms with Crippen molar-refractivity contribution in [3.8, 4) is 0 Å². The average molecular weight is 297 g/mol. The van der Waals surface area contributed by atoms with E-state index in [1.807, 2.05) is 24.3 Å². The summed E-state index contributed by atoms with van der Waals surface area (Å²) in [5, 5.41) is 11.2. The maximum Gasteiger partial charge on any atom is 0.227 e. The van der Waals surface area contributed by atoms with Crippen molar-refractivity contribution in [2.75, 3.05) is 4.90 Å². The summed E-state index contributed by atoms with van der Waals surface area (Å²) in [7, 11) is 0. The molecule has 4 heteroatoms. The molecular formula is C18H19NO3. The molecule has 22 heavy (non-hydrogen) atoms. The van der Waals surface area contributed by atoms with Crippen LogP contribution in [0.2, 0.25) is 0 Å². The number of anilines is 1. The molecule has 0 spiro atoms. The lowest BCUT2D eigenvalue weighted by Crippen LogP contribution is -2.68. The number of carbonyl (C=O) groups is 2. The quantitative estimate of drug-likeness (QED) is 0.851. The SMILES string of the molecule is C=CC[C@]12C(=O)CC[C@]3(O)CCC(=O)N(c4ccccc41)[C@@H]32. The van der Waals surface area contributed by atoms with Crippen LogP contribution in [0.5, 0.6) is 0 Å². The van der Waals surface area contributed by atoms with E-state index in [-0.39, 0.29) is 11.7 Å². The van der Waals surface area contributed by atoms with Crippen molar-refractivity contribution in [1.82, 2.24) is 0 Å². The molecule has 4 nitrogen and oxygen atoms in total. The fourth-order valence-corrected chi connectivity index (χ4v) is 4.81. The molecular weight excluding hydrogens is 278 g/mol. The number of para-hydroxylation sites is 1. The molecule has 1 aromatic rings. The summed E-state index contributed by atoms with van der Waals surface area (Å²) in [4.78, 5) is 27.2. The van der Waals surface area contributed by atoms with Gasteiger partial charge in [0.2, 0.25) is 5.91 Å². The molecule has 2 heterocycles. The van der Waals surface area contributed by atoms with Crippen molar-refractivity contribution >= 4 is 17.4 Å². The van der Waals surface area contributed by atoms with E-state index in [1.54, 1.807) is 11.0 Å². The third kappa shape index (κ3) is 1.41. The van der Waals surface area contributed by atoms with Crippen molar-refractivity contribution in [2.45, 2.75) is 49.2 Å². The Hall–Kier alpha value is -1.94. The fraction of sp³-hybridized carbons (Fsp3) is 0.444. The minimum absolute atomic E-state index is 0.00256. The Bertz CT molecular complexity index is 693. The smallest absolute Gasteiger partial charge is 0.227 e. The molecule has 114 valence electrons. The van der Waals surface area contributed by atoms with Crippen molar-refractivity contribution in [1.29, 1.82) is 0 Å². The summed E-state index contributed by atoms with van der Waals surface area (Å²) in [5.74, 6) is 0.120. The van der Waals surface area contributed by atoms with E-state index >= 15 is 0 Å². The van der Waals surface area contributed by atoms with Crippen LogP contribution in [0.15, 0.2) is 36.9 Å². The van der Waals surface area contributed by atoms with Crippen molar-refractivity contribution in [2.24, 2.45) is 0 Å². The first-order valence-corrected chi connectivity index (χ1v) is 7.83. The predicted octanol–water partition coefficient (Wildman–Crippen LogP) is 2.10. The van der Waals surface area contributed by atoms with Crippen LogP contribution in [0.1, 0.15) is 37.7 Å². The van der Waals surface area contributed by atoms with Gasteiger partial charge >= 0.3 is 0 Å². The van der Waals surface area contributed by atoms with Crippen LogP contribution < -0.4 is 4.90 Å². The van der Waals surface area contributed by atoms with Gasteiger partial charge < -0.3 is 10.0 Å². The minimum atomic E-state index is -0.982. The zero-order valence-electron chi connectivity index (χ0n) is 12.4. The van der Waals surface area contributed by atoms with Gasteiger partial charge in [0.25, 0.3) is 0 Å². The standard InChI is InChI=1S/C18H19NO3/c1-2-9-18-12-5-3-4-6-13(12)19-15(21)8-11-17(22,16(18)19)10-7-14(18)20/h2-6,16,22H,1,7-11H2/t16-,17-,18+/m0/s1. The molecule has 1 amide bonds. The van der Waals surface area contributed by atoms with Gasteiger partial charge in [-0.3, -0.25) is 9.59 Å². The topological polar surface area (TPSA) is 57.6 Å². The number of fused-ring (bicyclic) bond motifs is 3. The number of piperidine rings is 1. The van der Waals surface area contributed by atoms with E-state index in [4.69, 9.17) is 0 Å². The largest absolute Gasteiger partial charge is 0.388 e. The van der Waals surface area contributed by atoms with Crippen LogP contribution in [0, 0.1) is 0 Å². The number of allylic oxidation sites excluding steroid dienone is 1. The van der Waals surface area contributed by atoms with E-state index in [1.165, 1.54) is 0 Å². The highest BCUT2D eigenvalue weighted by Gasteiger charge is 2.67. The molecule has 1 aromatic carbocycles. The normalized spacial score (nSPS) is 36.0. The Morgan fingerprint density at radius 3 is 2.77 bits per heavy atom. The maximum atomic E-state index is 12.9. The molecule has 2 aliphatic heterocycles. The molecule has 0 unspecified atom stereocenters. The minimum Gasteiger partial charge on any atom is -0.388 e. The molecule has 3 aliphatic rings. The van der Waals surface area contributed by atoms with Crippen LogP contribution >= 0.6 is 0 Å². The summed E-state index contributed by atoms with van der Waals surface area (Å²) in [6, 6.07) is 7.10. The third-order valence-electron chi connectivity index (χ3n) is 5.67. The first kappa shape index (κ1) is 13.7. The van der Waals surface area contributed by atoms with Gasteiger partial charge in [0.05, 0.1) is 17.1 Å². The number of nitrogens with zero attached hydrogens (tertiary/aromatic N) is 1. The number of amides is 1. The number of rotatable bonds is 2. The Labute approximate surface area is 129 Å². The van der Waals surface area contributed by atoms with Gasteiger partial charge in [-0.1, -0.05) is 24.3 Å². The van der Waals surface area contributed by atoms with E-state index in [9.17, 15) is 14.7 Å². The van der Waals surface area contributed by atoms with Crippen LogP contribution in [-0.4, -0.2) is 28.4 Å². The van der Waals surface area contributed by atoms with Crippen LogP contribution in [0.25, 0.3) is 0 Å². The second kappa shape index (κ2) is 4.29. The van der Waals surface area contributed by atoms with Gasteiger partial charge in [-0.25, -0.2) is 0 Å². The van der Waals surface area contributed by atoms with Gasteiger partial charge in [-0.05, 0) is 30.9 Å². The molecule has 0 radical (unpaired) electrons. The highest BCUT2D eigenvalue weighted by atomic mass is 16.3. The van der Waals surface area contributed by atoms with Crippen molar-refractivity contribution in [3.05, 3.63) is 42.5 Å². The molecule has 3 atom stereocenters. The molecule has 1 saturated heterocycles. The van der Waals surface area contributed by atoms with Crippen LogP contribution in [0.3, 0.4) is 0 Å². The fourth-order valence-electron chi connectivity index (χ4n) is 4.81. The first-order valence-electron chi connectivity index (χ1n) is 7.83. The second-order valence-corrected chi connectivity index (χ2v) is 6.67. The van der Waals surface area contributed by atoms with Gasteiger partial charge in [-0.15, -0.1) is 6.58 Å². The number of Topliss-reactive ketones (excluding diaryl/α,β-unsaturated/α-hetero) is 1. The summed E-state index contributed by atoms with van der Waals surface area (Å²) >= 11 is 0. The van der Waals surface area contributed by atoms with Crippen LogP contribution in [-0.2, 0) is 15.0 Å². The maximum absolute atomic E-state index is 12.9. The van der Waals surface area contributed by atoms with E-state index < -0.39 is 17.1 Å². The van der Waals surface area contributed by atoms with Crippen molar-refractivity contribution in [3.63, 3.8) is 0 Å². The number of hydrogen-bond donors (Lipinski definition) is 1. The predicted molar refractivity (Wildman–Crippen MR) is 82.6 cm³/mol. The lowest BCUT2D eigenvalue weighted by Gasteiger charge is -2.52. The highest BCUT2D eigenvalue weighted by Crippen LogP contribution is 2.58. The molecule has 2 fully saturated rings. The summed E-state index contributed by atoms with van der Waals surface area (Å²) in [6.45, 7) is 3.82. The number of aliphatic hydroxyl groups is 1. The van der Waals surface area contributed by atoms with Gasteiger partial charge in [0.15, 0.2) is 0 Å². The van der Waals surface area contributed by atoms with E-state index in [0.717, 1.165) is 11.3 Å². The number of benzene rings is 1. The van der Waals surface area contributed by atoms with Gasteiger partial charge in [0.1, 0.15) is 5.78 Å². The summed E-state index contributed by atoms with van der Waals surface area (Å²) < 4.78 is 0. The zero-order chi connectivity index (χ0) is 15.5. The number of hydrogen-bond acceptors (Lipinski definition) is 3. The Kier molecular flexibility index (Phi) is 2.67. The Morgan fingerprint density at radius 1 is 1.27 bits per heavy atom. The molecule has 1 aliphatic carbocycles. The van der Waals surface area contributed by atoms with E-state index in [0.29, 0.717) is 32.1 Å². The molecule has 1 N–H and O–H groups in total. The zero-order valence-corrected chi connectivity index (χ0v) is 12.4. The van der Waals surface area contributed by atoms with Gasteiger partial charge in [0, 0.05) is 18.5 Å². The molecule has 0 bridgehead atoms. The first-order chi connectivity index (χ1) is 10.5. The average Bonchev–Trinajstić information content (AvgIpc) is 2.83. The third-order valence-corrected chi connectivity index (χ3v) is 5.67. The van der Waals surface area contributed by atoms with Crippen molar-refractivity contribution < 1.29 is 14.7 Å². The monoisotopic (exact) mass is 297 g/mol.